The van der Waals surface area contributed by atoms with E-state index in [-0.39, 0.29) is 49.8 Å². The van der Waals surface area contributed by atoms with Crippen LogP contribution in [0.5, 0.6) is 0 Å². The standard InChI is InChI=1S/C23H14NO.C15H18NSi.Ir/c1-2-7-16(8-3-1)17-12-13-18-19-9-6-10-20(21-11-4-5-14-24-21)23(19)25-22(18)15-17;1-12-5-7-13(8-6-12)15-10-9-14(11-16-15)17(2,3)4;/h1-9,11-15H;5-7,9-11H,1-4H3;/q2*-1;/i1D,2D,3D,7D,8D;1D3;. The van der Waals surface area contributed by atoms with Crippen LogP contribution in [0.15, 0.2) is 126 Å². The van der Waals surface area contributed by atoms with Crippen molar-refractivity contribution in [2.45, 2.75) is 26.5 Å². The van der Waals surface area contributed by atoms with Crippen molar-refractivity contribution in [2.24, 2.45) is 0 Å². The van der Waals surface area contributed by atoms with E-state index in [1.165, 1.54) is 11.3 Å². The van der Waals surface area contributed by atoms with E-state index >= 15 is 0 Å². The Morgan fingerprint density at radius 1 is 0.814 bits per heavy atom. The molecular formula is C38H32IrN2OSi-2. The van der Waals surface area contributed by atoms with Crippen LogP contribution < -0.4 is 5.19 Å². The summed E-state index contributed by atoms with van der Waals surface area (Å²) in [5.74, 6) is 0. The average molecular weight is 761 g/mol. The predicted molar refractivity (Wildman–Crippen MR) is 177 cm³/mol. The molecule has 5 heteroatoms. The molecule has 1 radical (unpaired) electrons. The Labute approximate surface area is 279 Å². The quantitative estimate of drug-likeness (QED) is 0.133. The van der Waals surface area contributed by atoms with E-state index in [1.807, 2.05) is 48.7 Å². The number of hydrogen-bond acceptors (Lipinski definition) is 3. The summed E-state index contributed by atoms with van der Waals surface area (Å²) in [5, 5.41) is 3.07. The largest absolute Gasteiger partial charge is 0.501 e. The van der Waals surface area contributed by atoms with Gasteiger partial charge >= 0.3 is 0 Å². The van der Waals surface area contributed by atoms with Gasteiger partial charge in [0.15, 0.2) is 0 Å². The number of hydrogen-bond donors (Lipinski definition) is 0. The summed E-state index contributed by atoms with van der Waals surface area (Å²) in [6.07, 6.45) is 3.63. The smallest absolute Gasteiger partial charge is 0.121 e. The zero-order valence-electron chi connectivity index (χ0n) is 31.8. The number of aromatic nitrogens is 2. The van der Waals surface area contributed by atoms with Gasteiger partial charge in [0, 0.05) is 42.0 Å². The minimum absolute atomic E-state index is 0. The van der Waals surface area contributed by atoms with Crippen LogP contribution in [-0.2, 0) is 20.1 Å². The molecule has 0 fully saturated rings. The van der Waals surface area contributed by atoms with E-state index < -0.39 is 21.0 Å². The molecule has 0 aliphatic rings. The first-order valence-electron chi connectivity index (χ1n) is 17.5. The van der Waals surface area contributed by atoms with Crippen molar-refractivity contribution in [1.29, 1.82) is 0 Å². The van der Waals surface area contributed by atoms with Gasteiger partial charge in [-0.25, -0.2) is 0 Å². The molecule has 0 spiro atoms. The summed E-state index contributed by atoms with van der Waals surface area (Å²) in [4.78, 5) is 8.86. The second-order valence-corrected chi connectivity index (χ2v) is 15.9. The molecule has 7 aromatic rings. The molecule has 0 aliphatic carbocycles. The second kappa shape index (κ2) is 13.0. The molecule has 3 nitrogen and oxygen atoms in total. The SMILES string of the molecule is [2H]C([2H])([2H])c1c[c-]c(-c2ccc([Si](C)(C)C)cn2)cc1.[2H]c1c([2H])c([2H])c(-c2ccc3c(c2)oc2c(-c4ccccn4)[c-]ccc23)c([2H])c1[2H].[Ir]. The van der Waals surface area contributed by atoms with Crippen molar-refractivity contribution in [1.82, 2.24) is 9.97 Å². The van der Waals surface area contributed by atoms with E-state index in [9.17, 15) is 0 Å². The molecule has 7 rings (SSSR count). The van der Waals surface area contributed by atoms with Crippen LogP contribution in [0.25, 0.3) is 55.6 Å². The van der Waals surface area contributed by atoms with E-state index in [0.29, 0.717) is 22.3 Å². The third kappa shape index (κ3) is 6.76. The van der Waals surface area contributed by atoms with E-state index in [4.69, 9.17) is 15.4 Å². The van der Waals surface area contributed by atoms with Crippen molar-refractivity contribution < 1.29 is 35.5 Å². The third-order valence-corrected chi connectivity index (χ3v) is 8.89. The Morgan fingerprint density at radius 2 is 1.67 bits per heavy atom. The van der Waals surface area contributed by atoms with Crippen LogP contribution in [-0.4, -0.2) is 18.0 Å². The van der Waals surface area contributed by atoms with Gasteiger partial charge in [0.05, 0.1) is 20.5 Å². The maximum absolute atomic E-state index is 8.22. The van der Waals surface area contributed by atoms with Crippen LogP contribution in [0, 0.1) is 19.0 Å². The van der Waals surface area contributed by atoms with Gasteiger partial charge in [0.2, 0.25) is 0 Å². The van der Waals surface area contributed by atoms with Gasteiger partial charge in [0.25, 0.3) is 0 Å². The maximum Gasteiger partial charge on any atom is 0.121 e. The summed E-state index contributed by atoms with van der Waals surface area (Å²) in [6, 6.07) is 28.3. The number of aryl methyl sites for hydroxylation is 1. The van der Waals surface area contributed by atoms with Crippen molar-refractivity contribution in [2.75, 3.05) is 0 Å². The first-order valence-corrected chi connectivity index (χ1v) is 17.0. The molecular weight excluding hydrogens is 721 g/mol. The van der Waals surface area contributed by atoms with Gasteiger partial charge in [-0.15, -0.1) is 53.6 Å². The molecule has 0 saturated heterocycles. The van der Waals surface area contributed by atoms with Crippen LogP contribution >= 0.6 is 0 Å². The fourth-order valence-electron chi connectivity index (χ4n) is 4.57. The summed E-state index contributed by atoms with van der Waals surface area (Å²) >= 11 is 0. The number of nitrogens with zero attached hydrogens (tertiary/aromatic N) is 2. The Bertz CT molecular complexity index is 2250. The molecule has 4 aromatic carbocycles. The maximum atomic E-state index is 8.22. The van der Waals surface area contributed by atoms with Gasteiger partial charge in [0.1, 0.15) is 5.58 Å². The fourth-order valence-corrected chi connectivity index (χ4v) is 5.61. The molecule has 0 bridgehead atoms. The van der Waals surface area contributed by atoms with Gasteiger partial charge in [-0.1, -0.05) is 104 Å². The number of furan rings is 1. The Hall–Kier alpha value is -4.15. The molecule has 0 atom stereocenters. The van der Waals surface area contributed by atoms with Gasteiger partial charge in [-0.05, 0) is 39.8 Å². The molecule has 0 amide bonds. The molecule has 0 saturated carbocycles. The average Bonchev–Trinajstić information content (AvgIpc) is 3.48. The normalized spacial score (nSPS) is 14.0. The van der Waals surface area contributed by atoms with Crippen LogP contribution in [0.4, 0.5) is 0 Å². The van der Waals surface area contributed by atoms with Gasteiger partial charge < -0.3 is 14.4 Å². The van der Waals surface area contributed by atoms with Crippen LogP contribution in [0.1, 0.15) is 16.5 Å². The fraction of sp³-hybridized carbons (Fsp3) is 0.105. The van der Waals surface area contributed by atoms with Gasteiger partial charge in [-0.3, -0.25) is 0 Å². The monoisotopic (exact) mass is 761 g/mol. The summed E-state index contributed by atoms with van der Waals surface area (Å²) in [6.45, 7) is 4.76. The number of pyridine rings is 2. The number of benzene rings is 4. The first kappa shape index (κ1) is 21.5. The summed E-state index contributed by atoms with van der Waals surface area (Å²) < 4.78 is 68.2. The number of rotatable bonds is 4. The first-order chi connectivity index (χ1) is 23.6. The molecule has 215 valence electrons. The van der Waals surface area contributed by atoms with E-state index in [0.717, 1.165) is 33.3 Å². The number of fused-ring (bicyclic) bond motifs is 3. The summed E-state index contributed by atoms with van der Waals surface area (Å²) in [5.41, 5.74) is 5.29. The Morgan fingerprint density at radius 3 is 2.35 bits per heavy atom. The third-order valence-electron chi connectivity index (χ3n) is 6.86. The molecule has 43 heavy (non-hydrogen) atoms. The Kier molecular flexibility index (Phi) is 6.51. The minimum atomic E-state index is -2.08. The molecule has 0 unspecified atom stereocenters. The van der Waals surface area contributed by atoms with Crippen molar-refractivity contribution in [3.8, 4) is 33.6 Å². The molecule has 3 heterocycles. The van der Waals surface area contributed by atoms with Crippen molar-refractivity contribution >= 4 is 35.2 Å². The van der Waals surface area contributed by atoms with Crippen molar-refractivity contribution in [3.05, 3.63) is 139 Å². The summed E-state index contributed by atoms with van der Waals surface area (Å²) in [7, 11) is -1.34. The molecule has 0 aliphatic heterocycles. The minimum Gasteiger partial charge on any atom is -0.501 e. The molecule has 0 N–H and O–H groups in total. The molecule has 3 aromatic heterocycles. The van der Waals surface area contributed by atoms with Crippen LogP contribution in [0.2, 0.25) is 19.6 Å². The van der Waals surface area contributed by atoms with E-state index in [1.54, 1.807) is 30.5 Å². The Balaban J connectivity index is 0.000000211. The predicted octanol–water partition coefficient (Wildman–Crippen LogP) is 9.52. The van der Waals surface area contributed by atoms with Gasteiger partial charge in [-0.2, -0.15) is 0 Å². The second-order valence-electron chi connectivity index (χ2n) is 10.8. The van der Waals surface area contributed by atoms with E-state index in [2.05, 4.69) is 47.8 Å². The van der Waals surface area contributed by atoms with Crippen molar-refractivity contribution in [3.63, 3.8) is 0 Å². The zero-order chi connectivity index (χ0) is 36.0. The topological polar surface area (TPSA) is 38.9 Å². The van der Waals surface area contributed by atoms with Crippen LogP contribution in [0.3, 0.4) is 0 Å². The zero-order valence-corrected chi connectivity index (χ0v) is 27.2.